The minimum Gasteiger partial charge on any atom is -0.457 e. The molecule has 0 amide bonds. The van der Waals surface area contributed by atoms with Gasteiger partial charge in [0.15, 0.2) is 4.67 Å². The van der Waals surface area contributed by atoms with Gasteiger partial charge in [-0.2, -0.15) is 0 Å². The van der Waals surface area contributed by atoms with E-state index in [2.05, 4.69) is 21.2 Å². The van der Waals surface area contributed by atoms with Crippen molar-refractivity contribution < 1.29 is 4.42 Å². The minimum absolute atomic E-state index is 0.0237. The van der Waals surface area contributed by atoms with Crippen molar-refractivity contribution in [3.05, 3.63) is 42.9 Å². The summed E-state index contributed by atoms with van der Waals surface area (Å²) < 4.78 is 7.29. The van der Waals surface area contributed by atoms with E-state index >= 15 is 0 Å². The van der Waals surface area contributed by atoms with Crippen molar-refractivity contribution in [3.8, 4) is 0 Å². The Balaban J connectivity index is 2.44. The van der Waals surface area contributed by atoms with Crippen LogP contribution < -0.4 is 5.32 Å². The number of nitrogens with one attached hydrogen (secondary N) is 1. The highest BCUT2D eigenvalue weighted by Crippen LogP contribution is 2.39. The largest absolute Gasteiger partial charge is 0.457 e. The molecule has 1 atom stereocenters. The Morgan fingerprint density at radius 1 is 1.44 bits per heavy atom. The summed E-state index contributed by atoms with van der Waals surface area (Å²) in [4.78, 5) is 0. The first-order chi connectivity index (χ1) is 7.63. The van der Waals surface area contributed by atoms with Gasteiger partial charge in [-0.3, -0.25) is 0 Å². The molecule has 6 heteroatoms. The number of rotatable bonds is 3. The van der Waals surface area contributed by atoms with Crippen LogP contribution in [-0.4, -0.2) is 7.05 Å². The van der Waals surface area contributed by atoms with Crippen LogP contribution in [0, 0.1) is 0 Å². The third-order valence-electron chi connectivity index (χ3n) is 2.24. The molecule has 2 heterocycles. The van der Waals surface area contributed by atoms with Gasteiger partial charge in [-0.25, -0.2) is 0 Å². The molecule has 0 aliphatic rings. The van der Waals surface area contributed by atoms with Crippen molar-refractivity contribution in [3.63, 3.8) is 0 Å². The lowest BCUT2D eigenvalue weighted by molar-refractivity contribution is 0.530. The van der Waals surface area contributed by atoms with E-state index in [1.54, 1.807) is 6.26 Å². The molecule has 2 rings (SSSR count). The fourth-order valence-electron chi connectivity index (χ4n) is 1.54. The van der Waals surface area contributed by atoms with Crippen molar-refractivity contribution in [2.75, 3.05) is 7.05 Å². The summed E-state index contributed by atoms with van der Waals surface area (Å²) in [5.74, 6) is 0. The van der Waals surface area contributed by atoms with Crippen LogP contribution in [-0.2, 0) is 0 Å². The molecule has 0 aliphatic heterocycles. The van der Waals surface area contributed by atoms with Crippen LogP contribution in [0.1, 0.15) is 17.2 Å². The standard InChI is InChI=1S/C10H8BrCl2NOS/c1-14-8(5-2-3-15-9(5)11)6-4-7(12)16-10(6)13/h2-4,8,14H,1H3. The Morgan fingerprint density at radius 2 is 2.19 bits per heavy atom. The van der Waals surface area contributed by atoms with Crippen LogP contribution in [0.15, 0.2) is 27.5 Å². The molecule has 0 radical (unpaired) electrons. The number of hydrogen-bond acceptors (Lipinski definition) is 3. The van der Waals surface area contributed by atoms with Crippen LogP contribution >= 0.6 is 50.5 Å². The van der Waals surface area contributed by atoms with E-state index in [1.165, 1.54) is 11.3 Å². The molecule has 0 aromatic carbocycles. The normalized spacial score (nSPS) is 13.0. The van der Waals surface area contributed by atoms with Gasteiger partial charge in [0.1, 0.15) is 0 Å². The van der Waals surface area contributed by atoms with Crippen LogP contribution in [0.25, 0.3) is 0 Å². The Morgan fingerprint density at radius 3 is 2.62 bits per heavy atom. The van der Waals surface area contributed by atoms with Crippen LogP contribution in [0.4, 0.5) is 0 Å². The first kappa shape index (κ1) is 12.5. The molecule has 0 saturated carbocycles. The third kappa shape index (κ3) is 2.31. The highest BCUT2D eigenvalue weighted by molar-refractivity contribution is 9.10. The van der Waals surface area contributed by atoms with Gasteiger partial charge in [-0.1, -0.05) is 23.2 Å². The second-order valence-electron chi connectivity index (χ2n) is 3.15. The predicted molar refractivity (Wildman–Crippen MR) is 71.6 cm³/mol. The number of hydrogen-bond donors (Lipinski definition) is 1. The topological polar surface area (TPSA) is 25.2 Å². The molecule has 1 unspecified atom stereocenters. The predicted octanol–water partition coefficient (Wildman–Crippen LogP) is 4.72. The summed E-state index contributed by atoms with van der Waals surface area (Å²) in [5.41, 5.74) is 1.96. The molecular formula is C10H8BrCl2NOS. The molecule has 2 nitrogen and oxygen atoms in total. The monoisotopic (exact) mass is 339 g/mol. The second kappa shape index (κ2) is 5.10. The van der Waals surface area contributed by atoms with E-state index in [0.717, 1.165) is 11.1 Å². The van der Waals surface area contributed by atoms with Gasteiger partial charge in [-0.05, 0) is 35.1 Å². The van der Waals surface area contributed by atoms with E-state index in [4.69, 9.17) is 27.6 Å². The number of furan rings is 1. The van der Waals surface area contributed by atoms with Crippen molar-refractivity contribution in [2.24, 2.45) is 0 Å². The summed E-state index contributed by atoms with van der Waals surface area (Å²) >= 11 is 16.8. The van der Waals surface area contributed by atoms with Gasteiger partial charge in [-0.15, -0.1) is 11.3 Å². The van der Waals surface area contributed by atoms with Crippen LogP contribution in [0.5, 0.6) is 0 Å². The quantitative estimate of drug-likeness (QED) is 0.874. The average molecular weight is 341 g/mol. The SMILES string of the molecule is CNC(c1ccoc1Br)c1cc(Cl)sc1Cl. The van der Waals surface area contributed by atoms with Crippen molar-refractivity contribution in [2.45, 2.75) is 6.04 Å². The van der Waals surface area contributed by atoms with Crippen molar-refractivity contribution in [1.29, 1.82) is 0 Å². The molecule has 2 aromatic heterocycles. The first-order valence-corrected chi connectivity index (χ1v) is 6.85. The molecule has 86 valence electrons. The minimum atomic E-state index is -0.0237. The van der Waals surface area contributed by atoms with Gasteiger partial charge in [0.2, 0.25) is 0 Å². The second-order valence-corrected chi connectivity index (χ2v) is 6.16. The maximum atomic E-state index is 6.14. The molecule has 0 bridgehead atoms. The summed E-state index contributed by atoms with van der Waals surface area (Å²) in [6.45, 7) is 0. The molecule has 0 saturated heterocycles. The highest BCUT2D eigenvalue weighted by Gasteiger charge is 2.21. The first-order valence-electron chi connectivity index (χ1n) is 4.48. The van der Waals surface area contributed by atoms with Gasteiger partial charge >= 0.3 is 0 Å². The van der Waals surface area contributed by atoms with E-state index in [-0.39, 0.29) is 6.04 Å². The Labute approximate surface area is 116 Å². The van der Waals surface area contributed by atoms with Gasteiger partial charge < -0.3 is 9.73 Å². The van der Waals surface area contributed by atoms with Gasteiger partial charge in [0.25, 0.3) is 0 Å². The summed E-state index contributed by atoms with van der Waals surface area (Å²) in [6, 6.07) is 3.74. The van der Waals surface area contributed by atoms with Crippen LogP contribution in [0.2, 0.25) is 8.67 Å². The molecule has 1 N–H and O–H groups in total. The lowest BCUT2D eigenvalue weighted by atomic mass is 10.1. The van der Waals surface area contributed by atoms with Crippen LogP contribution in [0.3, 0.4) is 0 Å². The zero-order valence-electron chi connectivity index (χ0n) is 8.26. The lowest BCUT2D eigenvalue weighted by Gasteiger charge is -2.14. The molecule has 0 spiro atoms. The Hall–Kier alpha value is -0.000000000000000167. The maximum Gasteiger partial charge on any atom is 0.174 e. The highest BCUT2D eigenvalue weighted by atomic mass is 79.9. The zero-order chi connectivity index (χ0) is 11.7. The maximum absolute atomic E-state index is 6.14. The Bertz CT molecular complexity index is 497. The van der Waals surface area contributed by atoms with E-state index < -0.39 is 0 Å². The number of thiophene rings is 1. The average Bonchev–Trinajstić information content (AvgIpc) is 2.77. The molecule has 2 aromatic rings. The fraction of sp³-hybridized carbons (Fsp3) is 0.200. The Kier molecular flexibility index (Phi) is 3.97. The number of halogens is 3. The summed E-state index contributed by atoms with van der Waals surface area (Å²) in [7, 11) is 1.87. The van der Waals surface area contributed by atoms with E-state index in [1.807, 2.05) is 19.2 Å². The molecule has 16 heavy (non-hydrogen) atoms. The third-order valence-corrected chi connectivity index (χ3v) is 4.40. The summed E-state index contributed by atoms with van der Waals surface area (Å²) in [5, 5.41) is 3.19. The van der Waals surface area contributed by atoms with Gasteiger partial charge in [0, 0.05) is 11.1 Å². The van der Waals surface area contributed by atoms with E-state index in [9.17, 15) is 0 Å². The van der Waals surface area contributed by atoms with E-state index in [0.29, 0.717) is 13.3 Å². The smallest absolute Gasteiger partial charge is 0.174 e. The molecular weight excluding hydrogens is 333 g/mol. The zero-order valence-corrected chi connectivity index (χ0v) is 12.2. The van der Waals surface area contributed by atoms with Crippen molar-refractivity contribution >= 4 is 50.5 Å². The molecule has 0 fully saturated rings. The lowest BCUT2D eigenvalue weighted by Crippen LogP contribution is -2.17. The van der Waals surface area contributed by atoms with Crippen molar-refractivity contribution in [1.82, 2.24) is 5.32 Å². The summed E-state index contributed by atoms with van der Waals surface area (Å²) in [6.07, 6.45) is 1.63. The molecule has 0 aliphatic carbocycles. The van der Waals surface area contributed by atoms with Gasteiger partial charge in [0.05, 0.1) is 21.0 Å². The fourth-order valence-corrected chi connectivity index (χ4v) is 3.54.